The fraction of sp³-hybridized carbons (Fsp3) is 0.353. The molecule has 0 aliphatic carbocycles. The van der Waals surface area contributed by atoms with Gasteiger partial charge in [-0.05, 0) is 18.2 Å². The van der Waals surface area contributed by atoms with Crippen LogP contribution >= 0.6 is 11.6 Å². The van der Waals surface area contributed by atoms with Crippen LogP contribution in [0.3, 0.4) is 0 Å². The van der Waals surface area contributed by atoms with E-state index in [0.717, 1.165) is 5.56 Å². The highest BCUT2D eigenvalue weighted by atomic mass is 35.5. The van der Waals surface area contributed by atoms with E-state index in [2.05, 4.69) is 10.5 Å². The molecule has 124 valence electrons. The molecule has 0 saturated heterocycles. The maximum atomic E-state index is 9.92. The number of aliphatic hydroxyl groups is 1. The van der Waals surface area contributed by atoms with Crippen molar-refractivity contribution in [1.29, 1.82) is 0 Å². The van der Waals surface area contributed by atoms with Gasteiger partial charge in [-0.3, -0.25) is 0 Å². The first-order valence-corrected chi connectivity index (χ1v) is 7.86. The molecule has 2 rings (SSSR count). The molecule has 6 heteroatoms. The number of hydrogen-bond acceptors (Lipinski definition) is 5. The van der Waals surface area contributed by atoms with E-state index in [0.29, 0.717) is 29.2 Å². The molecule has 2 aromatic rings. The van der Waals surface area contributed by atoms with Gasteiger partial charge in [-0.2, -0.15) is 0 Å². The summed E-state index contributed by atoms with van der Waals surface area (Å²) in [5.41, 5.74) is 0.879. The number of hydrogen-bond donors (Lipinski definition) is 2. The molecular formula is C17H21ClN2O3. The van der Waals surface area contributed by atoms with Gasteiger partial charge < -0.3 is 19.7 Å². The molecule has 1 unspecified atom stereocenters. The van der Waals surface area contributed by atoms with Crippen molar-refractivity contribution in [3.8, 4) is 5.75 Å². The zero-order chi connectivity index (χ0) is 16.7. The number of halogens is 1. The minimum Gasteiger partial charge on any atom is -0.490 e. The number of ether oxygens (including phenoxy) is 1. The number of benzene rings is 1. The quantitative estimate of drug-likeness (QED) is 0.774. The fourth-order valence-electron chi connectivity index (χ4n) is 1.88. The molecule has 5 nitrogen and oxygen atoms in total. The van der Waals surface area contributed by atoms with Crippen molar-refractivity contribution in [3.05, 3.63) is 46.8 Å². The van der Waals surface area contributed by atoms with E-state index < -0.39 is 6.10 Å². The Kier molecular flexibility index (Phi) is 6.65. The van der Waals surface area contributed by atoms with Crippen LogP contribution in [0.4, 0.5) is 0 Å². The highest BCUT2D eigenvalue weighted by molar-refractivity contribution is 6.29. The van der Waals surface area contributed by atoms with Crippen LogP contribution in [0.2, 0.25) is 5.15 Å². The number of nitrogens with zero attached hydrogens (tertiary/aromatic N) is 1. The summed E-state index contributed by atoms with van der Waals surface area (Å²) in [6, 6.07) is 9.53. The molecule has 0 bridgehead atoms. The van der Waals surface area contributed by atoms with Crippen molar-refractivity contribution < 1.29 is 14.4 Å². The lowest BCUT2D eigenvalue weighted by Gasteiger charge is -2.16. The first kappa shape index (κ1) is 17.5. The van der Waals surface area contributed by atoms with Gasteiger partial charge in [0, 0.05) is 24.2 Å². The smallest absolute Gasteiger partial charge is 0.172 e. The van der Waals surface area contributed by atoms with E-state index >= 15 is 0 Å². The number of para-hydroxylation sites is 1. The number of aliphatic hydroxyl groups excluding tert-OH is 1. The molecule has 1 atom stereocenters. The number of rotatable bonds is 8. The van der Waals surface area contributed by atoms with E-state index in [4.69, 9.17) is 20.9 Å². The second-order valence-corrected chi connectivity index (χ2v) is 5.84. The van der Waals surface area contributed by atoms with Gasteiger partial charge in [-0.25, -0.2) is 0 Å². The number of nitrogens with one attached hydrogen (secondary N) is 1. The molecule has 0 aliphatic heterocycles. The van der Waals surface area contributed by atoms with Crippen LogP contribution in [-0.4, -0.2) is 35.6 Å². The van der Waals surface area contributed by atoms with Crippen molar-refractivity contribution in [3.63, 3.8) is 0 Å². The maximum Gasteiger partial charge on any atom is 0.172 e. The Morgan fingerprint density at radius 1 is 1.35 bits per heavy atom. The Hall–Kier alpha value is -1.82. The van der Waals surface area contributed by atoms with Crippen molar-refractivity contribution in [1.82, 2.24) is 10.5 Å². The Balaban J connectivity index is 1.96. The fourth-order valence-corrected chi connectivity index (χ4v) is 2.03. The summed E-state index contributed by atoms with van der Waals surface area (Å²) in [7, 11) is 0. The van der Waals surface area contributed by atoms with Gasteiger partial charge in [0.05, 0.1) is 0 Å². The molecule has 1 aromatic heterocycles. The highest BCUT2D eigenvalue weighted by Crippen LogP contribution is 2.21. The van der Waals surface area contributed by atoms with Crippen molar-refractivity contribution in [2.75, 3.05) is 13.2 Å². The van der Waals surface area contributed by atoms with Gasteiger partial charge in [0.2, 0.25) is 0 Å². The summed E-state index contributed by atoms with van der Waals surface area (Å²) in [6.07, 6.45) is 3.05. The lowest BCUT2D eigenvalue weighted by Crippen LogP contribution is -2.35. The van der Waals surface area contributed by atoms with E-state index in [1.807, 2.05) is 44.2 Å². The summed E-state index contributed by atoms with van der Waals surface area (Å²) >= 11 is 5.71. The first-order chi connectivity index (χ1) is 11.0. The third-order valence-corrected chi connectivity index (χ3v) is 3.22. The predicted octanol–water partition coefficient (Wildman–Crippen LogP) is 3.24. The molecule has 0 aliphatic rings. The molecular weight excluding hydrogens is 316 g/mol. The van der Waals surface area contributed by atoms with Gasteiger partial charge in [0.15, 0.2) is 10.9 Å². The van der Waals surface area contributed by atoms with Crippen LogP contribution in [-0.2, 0) is 0 Å². The Bertz CT molecular complexity index is 640. The largest absolute Gasteiger partial charge is 0.490 e. The molecule has 0 amide bonds. The second kappa shape index (κ2) is 8.72. The van der Waals surface area contributed by atoms with Crippen LogP contribution in [0.1, 0.15) is 25.2 Å². The summed E-state index contributed by atoms with van der Waals surface area (Å²) in [6.45, 7) is 4.78. The van der Waals surface area contributed by atoms with Gasteiger partial charge >= 0.3 is 0 Å². The van der Waals surface area contributed by atoms with Gasteiger partial charge in [-0.1, -0.05) is 48.8 Å². The Morgan fingerprint density at radius 3 is 2.83 bits per heavy atom. The summed E-state index contributed by atoms with van der Waals surface area (Å²) in [4.78, 5) is 0. The standard InChI is InChI=1S/C17H21ClN2O3/c1-12(2)19-10-14(21)11-22-16-6-4-3-5-13(16)7-8-15-9-17(18)20-23-15/h3-9,12,14,19,21H,10-11H2,1-2H3/b8-7-. The zero-order valence-corrected chi connectivity index (χ0v) is 14.0. The number of aromatic nitrogens is 1. The van der Waals surface area contributed by atoms with E-state index in [9.17, 15) is 5.11 Å². The SMILES string of the molecule is CC(C)NCC(O)COc1ccccc1/C=C\c1cc(Cl)no1. The molecule has 1 aromatic carbocycles. The first-order valence-electron chi connectivity index (χ1n) is 7.48. The average Bonchev–Trinajstić information content (AvgIpc) is 2.95. The summed E-state index contributed by atoms with van der Waals surface area (Å²) < 4.78 is 10.7. The van der Waals surface area contributed by atoms with Gasteiger partial charge in [-0.15, -0.1) is 0 Å². The lowest BCUT2D eigenvalue weighted by atomic mass is 10.2. The topological polar surface area (TPSA) is 67.5 Å². The highest BCUT2D eigenvalue weighted by Gasteiger charge is 2.07. The minimum atomic E-state index is -0.567. The summed E-state index contributed by atoms with van der Waals surface area (Å²) in [5.74, 6) is 1.25. The third-order valence-electron chi connectivity index (χ3n) is 3.04. The molecule has 1 heterocycles. The predicted molar refractivity (Wildman–Crippen MR) is 91.5 cm³/mol. The molecule has 0 fully saturated rings. The average molecular weight is 337 g/mol. The van der Waals surface area contributed by atoms with Crippen molar-refractivity contribution in [2.24, 2.45) is 0 Å². The molecule has 0 radical (unpaired) electrons. The van der Waals surface area contributed by atoms with Crippen LogP contribution < -0.4 is 10.1 Å². The lowest BCUT2D eigenvalue weighted by molar-refractivity contribution is 0.104. The van der Waals surface area contributed by atoms with Crippen LogP contribution in [0.25, 0.3) is 12.2 Å². The zero-order valence-electron chi connectivity index (χ0n) is 13.2. The van der Waals surface area contributed by atoms with E-state index in [-0.39, 0.29) is 6.61 Å². The van der Waals surface area contributed by atoms with E-state index in [1.165, 1.54) is 0 Å². The maximum absolute atomic E-state index is 9.92. The molecule has 0 spiro atoms. The van der Waals surface area contributed by atoms with Gasteiger partial charge in [0.1, 0.15) is 18.5 Å². The monoisotopic (exact) mass is 336 g/mol. The van der Waals surface area contributed by atoms with Crippen molar-refractivity contribution in [2.45, 2.75) is 26.0 Å². The summed E-state index contributed by atoms with van der Waals surface area (Å²) in [5, 5.41) is 17.0. The molecule has 0 saturated carbocycles. The molecule has 23 heavy (non-hydrogen) atoms. The third kappa shape index (κ3) is 6.06. The van der Waals surface area contributed by atoms with E-state index in [1.54, 1.807) is 12.1 Å². The van der Waals surface area contributed by atoms with Crippen LogP contribution in [0.15, 0.2) is 34.9 Å². The Labute approximate surface area is 140 Å². The Morgan fingerprint density at radius 2 is 2.13 bits per heavy atom. The van der Waals surface area contributed by atoms with Crippen LogP contribution in [0, 0.1) is 0 Å². The minimum absolute atomic E-state index is 0.221. The normalized spacial score (nSPS) is 12.9. The second-order valence-electron chi connectivity index (χ2n) is 5.45. The van der Waals surface area contributed by atoms with Crippen LogP contribution in [0.5, 0.6) is 5.75 Å². The molecule has 2 N–H and O–H groups in total. The van der Waals surface area contributed by atoms with Gasteiger partial charge in [0.25, 0.3) is 0 Å². The van der Waals surface area contributed by atoms with Crippen molar-refractivity contribution >= 4 is 23.8 Å².